The number of ether oxygens (including phenoxy) is 1. The van der Waals surface area contributed by atoms with Crippen molar-refractivity contribution in [2.24, 2.45) is 0 Å². The number of carbonyl (C=O) groups excluding carboxylic acids is 1. The predicted octanol–water partition coefficient (Wildman–Crippen LogP) is -1.20. The Morgan fingerprint density at radius 1 is 1.26 bits per heavy atom. The first-order valence-electron chi connectivity index (χ1n) is 8.81. The molecule has 1 aliphatic heterocycles. The van der Waals surface area contributed by atoms with Crippen LogP contribution in [0.2, 0.25) is 0 Å². The summed E-state index contributed by atoms with van der Waals surface area (Å²) in [4.78, 5) is 35.4. The first kappa shape index (κ1) is 23.5. The lowest BCUT2D eigenvalue weighted by Gasteiger charge is -2.35. The molecule has 1 fully saturated rings. The van der Waals surface area contributed by atoms with Crippen LogP contribution >= 0.6 is 15.9 Å². The Kier molecular flexibility index (Phi) is 5.88. The molecule has 1 unspecified atom stereocenters. The minimum Gasteiger partial charge on any atom is -0.382 e. The van der Waals surface area contributed by atoms with Crippen LogP contribution in [0.3, 0.4) is 0 Å². The Bertz CT molecular complexity index is 1240. The number of nitrogens with zero attached hydrogens (tertiary/aromatic N) is 1. The summed E-state index contributed by atoms with van der Waals surface area (Å²) in [6.07, 6.45) is -4.84. The molecule has 0 bridgehead atoms. The number of hydrogen-bond acceptors (Lipinski definition) is 9. The van der Waals surface area contributed by atoms with E-state index in [1.807, 2.05) is 4.98 Å². The van der Waals surface area contributed by atoms with Crippen molar-refractivity contribution in [3.8, 4) is 0 Å². The van der Waals surface area contributed by atoms with Crippen molar-refractivity contribution in [3.63, 3.8) is 0 Å². The van der Waals surface area contributed by atoms with Gasteiger partial charge in [0.25, 0.3) is 5.56 Å². The van der Waals surface area contributed by atoms with Gasteiger partial charge in [0, 0.05) is 23.6 Å². The molecule has 2 heterocycles. The smallest absolute Gasteiger partial charge is 0.330 e. The van der Waals surface area contributed by atoms with Crippen LogP contribution < -0.4 is 11.2 Å². The summed E-state index contributed by atoms with van der Waals surface area (Å²) in [6.45, 7) is 1.34. The summed E-state index contributed by atoms with van der Waals surface area (Å²) in [5.41, 5.74) is -1.81. The van der Waals surface area contributed by atoms with Gasteiger partial charge in [-0.25, -0.2) is 13.2 Å². The van der Waals surface area contributed by atoms with Crippen LogP contribution in [0.1, 0.15) is 22.1 Å². The lowest BCUT2D eigenvalue weighted by Crippen LogP contribution is -2.62. The molecule has 168 valence electrons. The van der Waals surface area contributed by atoms with E-state index in [2.05, 4.69) is 15.9 Å². The van der Waals surface area contributed by atoms with Crippen LogP contribution in [-0.2, 0) is 14.6 Å². The van der Waals surface area contributed by atoms with Crippen molar-refractivity contribution in [1.82, 2.24) is 9.55 Å². The highest BCUT2D eigenvalue weighted by atomic mass is 79.9. The number of hydrogen-bond donors (Lipinski definition) is 4. The number of aliphatic hydroxyl groups is 3. The van der Waals surface area contributed by atoms with Gasteiger partial charge in [0.1, 0.15) is 12.2 Å². The van der Waals surface area contributed by atoms with Gasteiger partial charge in [-0.3, -0.25) is 19.1 Å². The number of aromatic amines is 1. The van der Waals surface area contributed by atoms with E-state index in [4.69, 9.17) is 4.74 Å². The third-order valence-electron chi connectivity index (χ3n) is 5.07. The number of alkyl halides is 1. The van der Waals surface area contributed by atoms with Crippen LogP contribution in [0, 0.1) is 6.92 Å². The van der Waals surface area contributed by atoms with Gasteiger partial charge in [0.05, 0.1) is 0 Å². The van der Waals surface area contributed by atoms with Gasteiger partial charge in [0.2, 0.25) is 9.44 Å². The van der Waals surface area contributed by atoms with E-state index in [0.717, 1.165) is 6.20 Å². The summed E-state index contributed by atoms with van der Waals surface area (Å²) in [5, 5.41) is 32.8. The molecular weight excluding hydrogens is 500 g/mol. The molecule has 1 aliphatic rings. The second-order valence-electron chi connectivity index (χ2n) is 7.20. The minimum absolute atomic E-state index is 0.00642. The molecule has 0 spiro atoms. The number of sulfone groups is 1. The van der Waals surface area contributed by atoms with Crippen molar-refractivity contribution in [2.45, 2.75) is 34.8 Å². The van der Waals surface area contributed by atoms with E-state index >= 15 is 0 Å². The minimum atomic E-state index is -4.66. The van der Waals surface area contributed by atoms with Gasteiger partial charge >= 0.3 is 5.69 Å². The zero-order valence-corrected chi connectivity index (χ0v) is 18.6. The topological polar surface area (TPSA) is 176 Å². The largest absolute Gasteiger partial charge is 0.382 e. The van der Waals surface area contributed by atoms with Gasteiger partial charge in [-0.05, 0) is 22.9 Å². The average Bonchev–Trinajstić information content (AvgIpc) is 2.91. The molecule has 1 saturated heterocycles. The van der Waals surface area contributed by atoms with Crippen LogP contribution in [0.4, 0.5) is 0 Å². The van der Waals surface area contributed by atoms with E-state index in [1.165, 1.54) is 31.2 Å². The molecule has 5 atom stereocenters. The lowest BCUT2D eigenvalue weighted by atomic mass is 9.97. The van der Waals surface area contributed by atoms with E-state index in [9.17, 15) is 38.1 Å². The number of benzene rings is 1. The SMILES string of the molecule is Cc1cn([C@@H]2O[C@H](C(O)C(=O)c3ccccc3)[C@](O)(S(C)(=O)=O)[C@]2(O)Br)c(=O)[nH]c1=O. The molecule has 1 aromatic carbocycles. The van der Waals surface area contributed by atoms with Gasteiger partial charge in [0.15, 0.2) is 21.8 Å². The fourth-order valence-corrected chi connectivity index (χ4v) is 6.04. The van der Waals surface area contributed by atoms with Crippen LogP contribution in [0.5, 0.6) is 0 Å². The third-order valence-corrected chi connectivity index (χ3v) is 8.00. The number of rotatable bonds is 5. The Labute approximate surface area is 184 Å². The molecule has 0 saturated carbocycles. The Morgan fingerprint density at radius 3 is 2.39 bits per heavy atom. The summed E-state index contributed by atoms with van der Waals surface area (Å²) >= 11 is 2.72. The quantitative estimate of drug-likeness (QED) is 0.279. The summed E-state index contributed by atoms with van der Waals surface area (Å²) in [7, 11) is -4.66. The van der Waals surface area contributed by atoms with Crippen molar-refractivity contribution in [3.05, 3.63) is 68.5 Å². The van der Waals surface area contributed by atoms with Crippen molar-refractivity contribution in [2.75, 3.05) is 6.26 Å². The lowest BCUT2D eigenvalue weighted by molar-refractivity contribution is -0.0814. The Hall–Kier alpha value is -2.16. The van der Waals surface area contributed by atoms with Crippen molar-refractivity contribution in [1.29, 1.82) is 0 Å². The normalized spacial score (nSPS) is 29.6. The Morgan fingerprint density at radius 2 is 1.84 bits per heavy atom. The van der Waals surface area contributed by atoms with Crippen molar-refractivity contribution < 1.29 is 33.3 Å². The second kappa shape index (κ2) is 7.76. The standard InChI is InChI=1S/C18H19BrN2O9S/c1-9-8-21(16(25)20-14(9)24)15-17(19,26)18(27,31(2,28)29)13(30-15)12(23)11(22)10-6-4-3-5-7-10/h3-8,12-13,15,23,26-27H,1-2H3,(H,20,24,25)/t12?,13-,15-,17+,18+/m1/s1. The highest BCUT2D eigenvalue weighted by Crippen LogP contribution is 2.52. The number of Topliss-reactive ketones (excluding diaryl/α,β-unsaturated/α-hetero) is 1. The Balaban J connectivity index is 2.18. The molecule has 3 rings (SSSR count). The molecule has 0 radical (unpaired) electrons. The molecular formula is C18H19BrN2O9S. The zero-order valence-electron chi connectivity index (χ0n) is 16.2. The molecule has 0 amide bonds. The fraction of sp³-hybridized carbons (Fsp3) is 0.389. The van der Waals surface area contributed by atoms with Crippen LogP contribution in [-0.4, -0.2) is 67.0 Å². The van der Waals surface area contributed by atoms with E-state index in [0.29, 0.717) is 10.8 Å². The molecule has 13 heteroatoms. The number of carbonyl (C=O) groups is 1. The average molecular weight is 519 g/mol. The van der Waals surface area contributed by atoms with E-state index in [-0.39, 0.29) is 11.1 Å². The molecule has 0 aliphatic carbocycles. The van der Waals surface area contributed by atoms with Crippen LogP contribution in [0.15, 0.2) is 46.1 Å². The number of halogens is 1. The van der Waals surface area contributed by atoms with E-state index < -0.39 is 54.7 Å². The highest BCUT2D eigenvalue weighted by Gasteiger charge is 2.73. The second-order valence-corrected chi connectivity index (χ2v) is 10.6. The maximum atomic E-state index is 12.7. The summed E-state index contributed by atoms with van der Waals surface area (Å²) < 4.78 is 28.3. The van der Waals surface area contributed by atoms with Crippen LogP contribution in [0.25, 0.3) is 0 Å². The molecule has 31 heavy (non-hydrogen) atoms. The number of nitrogens with one attached hydrogen (secondary N) is 1. The first-order valence-corrected chi connectivity index (χ1v) is 11.5. The van der Waals surface area contributed by atoms with E-state index in [1.54, 1.807) is 6.07 Å². The summed E-state index contributed by atoms with van der Waals surface area (Å²) in [6, 6.07) is 7.33. The predicted molar refractivity (Wildman–Crippen MR) is 110 cm³/mol. The number of aliphatic hydroxyl groups excluding tert-OH is 1. The monoisotopic (exact) mass is 518 g/mol. The summed E-state index contributed by atoms with van der Waals surface area (Å²) in [5.74, 6) is -0.985. The third kappa shape index (κ3) is 3.60. The number of aromatic nitrogens is 2. The molecule has 11 nitrogen and oxygen atoms in total. The maximum absolute atomic E-state index is 12.7. The fourth-order valence-electron chi connectivity index (χ4n) is 3.38. The highest BCUT2D eigenvalue weighted by molar-refractivity contribution is 9.10. The van der Waals surface area contributed by atoms with Gasteiger partial charge in [-0.1, -0.05) is 30.3 Å². The van der Waals surface area contributed by atoms with Gasteiger partial charge < -0.3 is 20.1 Å². The number of ketones is 1. The molecule has 1 aromatic heterocycles. The zero-order chi connectivity index (χ0) is 23.4. The molecule has 2 aromatic rings. The van der Waals surface area contributed by atoms with Gasteiger partial charge in [-0.15, -0.1) is 0 Å². The molecule has 4 N–H and O–H groups in total. The number of aryl methyl sites for hydroxylation is 1. The maximum Gasteiger partial charge on any atom is 0.330 e. The number of H-pyrrole nitrogens is 1. The van der Waals surface area contributed by atoms with Crippen molar-refractivity contribution >= 4 is 31.6 Å². The first-order chi connectivity index (χ1) is 14.2. The van der Waals surface area contributed by atoms with Gasteiger partial charge in [-0.2, -0.15) is 0 Å².